The number of nitriles is 1. The molecule has 0 aliphatic rings. The molecule has 1 unspecified atom stereocenters. The molecule has 224 valence electrons. The van der Waals surface area contributed by atoms with Crippen molar-refractivity contribution in [3.63, 3.8) is 0 Å². The van der Waals surface area contributed by atoms with Gasteiger partial charge in [-0.25, -0.2) is 21.5 Å². The molecule has 0 fully saturated rings. The number of azo groups is 1. The molecular formula is C25H24Cl2K2N6O7S2. The summed E-state index contributed by atoms with van der Waals surface area (Å²) in [5.74, 6) is -0.919. The average molecular weight is 734 g/mol. The van der Waals surface area contributed by atoms with E-state index in [-0.39, 0.29) is 154 Å². The van der Waals surface area contributed by atoms with Gasteiger partial charge in [-0.05, 0) is 55.0 Å². The minimum atomic E-state index is -4.86. The maximum absolute atomic E-state index is 11.9. The summed E-state index contributed by atoms with van der Waals surface area (Å²) in [5, 5.41) is 24.2. The Morgan fingerprint density at radius 1 is 1.09 bits per heavy atom. The van der Waals surface area contributed by atoms with Crippen LogP contribution in [0.2, 0.25) is 10.0 Å². The predicted molar refractivity (Wildman–Crippen MR) is 153 cm³/mol. The third-order valence-electron chi connectivity index (χ3n) is 6.10. The number of hydrogen-bond acceptors (Lipinski definition) is 11. The SMILES string of the molecule is CCC(CCCCS(=O)(=O)[O-])c1ccc(N=Nc2c(C#N)cnn2-c2c(Cl)cc(S(=O)(=O)[O-])cc2Cl)c(NC(C)=O)c1.[K+].[K+]. The number of rotatable bonds is 12. The van der Waals surface area contributed by atoms with E-state index in [1.54, 1.807) is 18.2 Å². The zero-order valence-electron chi connectivity index (χ0n) is 24.2. The van der Waals surface area contributed by atoms with E-state index in [9.17, 15) is 36.0 Å². The molecule has 0 radical (unpaired) electrons. The molecule has 1 heterocycles. The van der Waals surface area contributed by atoms with Crippen molar-refractivity contribution in [1.82, 2.24) is 9.78 Å². The Morgan fingerprint density at radius 3 is 2.25 bits per heavy atom. The number of amides is 1. The van der Waals surface area contributed by atoms with Crippen LogP contribution in [0.25, 0.3) is 5.69 Å². The number of nitrogens with zero attached hydrogens (tertiary/aromatic N) is 5. The van der Waals surface area contributed by atoms with Crippen LogP contribution in [0.1, 0.15) is 56.6 Å². The van der Waals surface area contributed by atoms with Crippen molar-refractivity contribution in [3.8, 4) is 11.8 Å². The van der Waals surface area contributed by atoms with Gasteiger partial charge in [0.25, 0.3) is 0 Å². The van der Waals surface area contributed by atoms with E-state index in [4.69, 9.17) is 23.2 Å². The standard InChI is InChI=1S/C25H26Cl2N6O7S2.2K/c1-3-16(6-4-5-9-41(35,36)37)17-7-8-22(23(10-17)30-15(2)34)31-32-25-18(13-28)14-29-33(25)24-20(26)11-19(12-21(24)27)42(38,39)40;;/h7-8,10-12,14,16H,3-6,9H2,1-2H3,(H,30,34)(H,35,36,37)(H,38,39,40);;/q;2*+1/p-2. The van der Waals surface area contributed by atoms with Crippen molar-refractivity contribution in [2.45, 2.75) is 50.3 Å². The molecule has 1 amide bonds. The van der Waals surface area contributed by atoms with Crippen molar-refractivity contribution in [1.29, 1.82) is 5.26 Å². The van der Waals surface area contributed by atoms with E-state index in [2.05, 4.69) is 20.6 Å². The van der Waals surface area contributed by atoms with Crippen molar-refractivity contribution >= 4 is 66.5 Å². The fourth-order valence-corrected chi connectivity index (χ4v) is 5.99. The largest absolute Gasteiger partial charge is 1.00 e. The van der Waals surface area contributed by atoms with Gasteiger partial charge < -0.3 is 14.4 Å². The van der Waals surface area contributed by atoms with Crippen LogP contribution >= 0.6 is 23.2 Å². The van der Waals surface area contributed by atoms with Gasteiger partial charge in [-0.1, -0.05) is 42.6 Å². The number of carbonyl (C=O) groups excluding carboxylic acids is 1. The topological polar surface area (TPSA) is 210 Å². The Balaban J connectivity index is 0.00000484. The fourth-order valence-electron chi connectivity index (χ4n) is 4.13. The molecule has 3 rings (SSSR count). The van der Waals surface area contributed by atoms with Crippen molar-refractivity contribution < 1.29 is 134 Å². The maximum Gasteiger partial charge on any atom is 1.00 e. The van der Waals surface area contributed by atoms with E-state index in [1.165, 1.54) is 13.1 Å². The molecule has 44 heavy (non-hydrogen) atoms. The van der Waals surface area contributed by atoms with E-state index >= 15 is 0 Å². The number of aromatic nitrogens is 2. The second-order valence-electron chi connectivity index (χ2n) is 9.12. The normalized spacial score (nSPS) is 12.2. The summed E-state index contributed by atoms with van der Waals surface area (Å²) in [5.41, 5.74) is 1.31. The molecule has 0 bridgehead atoms. The molecule has 19 heteroatoms. The van der Waals surface area contributed by atoms with Gasteiger partial charge in [-0.15, -0.1) is 10.2 Å². The smallest absolute Gasteiger partial charge is 0.748 e. The second-order valence-corrected chi connectivity index (χ2v) is 12.8. The van der Waals surface area contributed by atoms with Crippen LogP contribution in [-0.4, -0.2) is 47.4 Å². The summed E-state index contributed by atoms with van der Waals surface area (Å²) in [6.07, 6.45) is 3.26. The minimum Gasteiger partial charge on any atom is -0.748 e. The van der Waals surface area contributed by atoms with Crippen LogP contribution < -0.4 is 108 Å². The molecule has 0 saturated heterocycles. The zero-order chi connectivity index (χ0) is 31.2. The Hall–Kier alpha value is -0.117. The van der Waals surface area contributed by atoms with Crippen LogP contribution in [0, 0.1) is 11.3 Å². The number of carbonyl (C=O) groups is 1. The van der Waals surface area contributed by atoms with Gasteiger partial charge in [0, 0.05) is 12.7 Å². The molecule has 2 aromatic carbocycles. The minimum absolute atomic E-state index is 0. The van der Waals surface area contributed by atoms with Crippen LogP contribution in [-0.2, 0) is 25.0 Å². The molecule has 0 spiro atoms. The summed E-state index contributed by atoms with van der Waals surface area (Å²) in [4.78, 5) is 11.3. The van der Waals surface area contributed by atoms with Crippen molar-refractivity contribution in [3.05, 3.63) is 57.7 Å². The van der Waals surface area contributed by atoms with Gasteiger partial charge in [0.15, 0.2) is 5.82 Å². The third-order valence-corrected chi connectivity index (χ3v) is 8.28. The van der Waals surface area contributed by atoms with Gasteiger partial charge in [0.1, 0.15) is 33.1 Å². The summed E-state index contributed by atoms with van der Waals surface area (Å²) < 4.78 is 68.0. The molecular weight excluding hydrogens is 710 g/mol. The van der Waals surface area contributed by atoms with Crippen LogP contribution in [0.5, 0.6) is 0 Å². The number of nitrogens with one attached hydrogen (secondary N) is 1. The number of benzene rings is 2. The first kappa shape index (κ1) is 41.9. The molecule has 0 aliphatic carbocycles. The molecule has 1 atom stereocenters. The van der Waals surface area contributed by atoms with Crippen LogP contribution in [0.3, 0.4) is 0 Å². The molecule has 1 aromatic heterocycles. The fraction of sp³-hybridized carbons (Fsp3) is 0.320. The summed E-state index contributed by atoms with van der Waals surface area (Å²) in [6.45, 7) is 3.27. The quantitative estimate of drug-likeness (QED) is 0.110. The Morgan fingerprint density at radius 2 is 1.73 bits per heavy atom. The molecule has 13 nitrogen and oxygen atoms in total. The summed E-state index contributed by atoms with van der Waals surface area (Å²) >= 11 is 12.5. The monoisotopic (exact) mass is 732 g/mol. The summed E-state index contributed by atoms with van der Waals surface area (Å²) in [6, 6.07) is 8.81. The van der Waals surface area contributed by atoms with Crippen molar-refractivity contribution in [2.75, 3.05) is 11.1 Å². The van der Waals surface area contributed by atoms with E-state index < -0.39 is 30.9 Å². The first-order valence-electron chi connectivity index (χ1n) is 12.3. The van der Waals surface area contributed by atoms with E-state index in [0.29, 0.717) is 24.9 Å². The first-order chi connectivity index (χ1) is 19.6. The van der Waals surface area contributed by atoms with Gasteiger partial charge in [-0.3, -0.25) is 4.79 Å². The first-order valence-corrected chi connectivity index (χ1v) is 16.1. The number of unbranched alkanes of at least 4 members (excludes halogenated alkanes) is 1. The molecule has 3 aromatic rings. The van der Waals surface area contributed by atoms with Gasteiger partial charge in [0.2, 0.25) is 5.91 Å². The Labute approximate surface area is 350 Å². The van der Waals surface area contributed by atoms with Crippen LogP contribution in [0.15, 0.2) is 51.7 Å². The molecule has 0 aliphatic heterocycles. The van der Waals surface area contributed by atoms with Gasteiger partial charge in [-0.2, -0.15) is 10.4 Å². The van der Waals surface area contributed by atoms with Gasteiger partial charge >= 0.3 is 103 Å². The van der Waals surface area contributed by atoms with E-state index in [0.717, 1.165) is 22.4 Å². The molecule has 0 saturated carbocycles. The second kappa shape index (κ2) is 18.4. The predicted octanol–water partition coefficient (Wildman–Crippen LogP) is -0.454. The van der Waals surface area contributed by atoms with E-state index in [1.807, 2.05) is 13.0 Å². The van der Waals surface area contributed by atoms with Crippen LogP contribution in [0.4, 0.5) is 17.2 Å². The average Bonchev–Trinajstić information content (AvgIpc) is 3.28. The Kier molecular flexibility index (Phi) is 17.6. The third kappa shape index (κ3) is 11.8. The van der Waals surface area contributed by atoms with Gasteiger partial charge in [0.05, 0.1) is 36.9 Å². The number of halogens is 2. The maximum atomic E-state index is 11.9. The summed E-state index contributed by atoms with van der Waals surface area (Å²) in [7, 11) is -9.14. The Bertz CT molecular complexity index is 1770. The zero-order valence-corrected chi connectivity index (χ0v) is 33.6. The number of anilines is 1. The number of hydrogen-bond donors (Lipinski definition) is 1. The van der Waals surface area contributed by atoms with Crippen molar-refractivity contribution in [2.24, 2.45) is 10.2 Å². The molecule has 1 N–H and O–H groups in total.